The third kappa shape index (κ3) is 2.72. The van der Waals surface area contributed by atoms with Crippen LogP contribution in [0.4, 0.5) is 5.82 Å². The summed E-state index contributed by atoms with van der Waals surface area (Å²) in [5, 5.41) is 13.7. The molecule has 2 N–H and O–H groups in total. The molecule has 2 heterocycles. The van der Waals surface area contributed by atoms with Crippen molar-refractivity contribution in [2.45, 2.75) is 64.8 Å². The molecule has 0 spiro atoms. The molecule has 0 saturated heterocycles. The van der Waals surface area contributed by atoms with Crippen LogP contribution in [0.1, 0.15) is 62.1 Å². The number of para-hydroxylation sites is 2. The van der Waals surface area contributed by atoms with E-state index in [0.717, 1.165) is 40.6 Å². The minimum absolute atomic E-state index is 0.524. The first-order valence-corrected chi connectivity index (χ1v) is 9.89. The van der Waals surface area contributed by atoms with Gasteiger partial charge in [-0.3, -0.25) is 4.98 Å². The normalized spacial score (nSPS) is 15.4. The molecule has 26 heavy (non-hydrogen) atoms. The summed E-state index contributed by atoms with van der Waals surface area (Å²) in [6.45, 7) is 4.31. The number of nitriles is 1. The van der Waals surface area contributed by atoms with Gasteiger partial charge in [-0.15, -0.1) is 0 Å². The number of aromatic amines is 1. The number of H-pyrrole nitrogens is 1. The van der Waals surface area contributed by atoms with Crippen molar-refractivity contribution in [3.05, 3.63) is 41.0 Å². The van der Waals surface area contributed by atoms with E-state index in [9.17, 15) is 5.26 Å². The van der Waals surface area contributed by atoms with Crippen molar-refractivity contribution in [1.82, 2.24) is 4.98 Å². The average Bonchev–Trinajstić information content (AvgIpc) is 3.05. The van der Waals surface area contributed by atoms with Gasteiger partial charge in [0.2, 0.25) is 11.5 Å². The van der Waals surface area contributed by atoms with Crippen LogP contribution in [0, 0.1) is 18.3 Å². The number of aromatic nitrogens is 2. The molecule has 4 heteroatoms. The van der Waals surface area contributed by atoms with Gasteiger partial charge in [0.05, 0.1) is 6.04 Å². The highest BCUT2D eigenvalue weighted by Gasteiger charge is 2.27. The summed E-state index contributed by atoms with van der Waals surface area (Å²) in [6.07, 6.45) is 8.47. The minimum atomic E-state index is 0.524. The van der Waals surface area contributed by atoms with E-state index < -0.39 is 0 Å². The van der Waals surface area contributed by atoms with Gasteiger partial charge < -0.3 is 5.32 Å². The van der Waals surface area contributed by atoms with E-state index in [1.807, 2.05) is 6.07 Å². The second-order valence-electron chi connectivity index (χ2n) is 7.49. The lowest BCUT2D eigenvalue weighted by molar-refractivity contribution is -0.465. The van der Waals surface area contributed by atoms with Gasteiger partial charge >= 0.3 is 0 Å². The Morgan fingerprint density at radius 3 is 2.73 bits per heavy atom. The molecule has 1 fully saturated rings. The summed E-state index contributed by atoms with van der Waals surface area (Å²) < 4.78 is 2.25. The number of hydrogen-bond donors (Lipinski definition) is 2. The first-order chi connectivity index (χ1) is 12.7. The Balaban J connectivity index is 2.01. The highest BCUT2D eigenvalue weighted by atomic mass is 15.1. The van der Waals surface area contributed by atoms with Crippen LogP contribution in [0.25, 0.3) is 16.7 Å². The number of imidazole rings is 1. The summed E-state index contributed by atoms with van der Waals surface area (Å²) in [7, 11) is 0. The molecular weight excluding hydrogens is 320 g/mol. The molecular formula is C22H27N4+. The first kappa shape index (κ1) is 16.9. The third-order valence-corrected chi connectivity index (χ3v) is 5.75. The van der Waals surface area contributed by atoms with Gasteiger partial charge in [0.15, 0.2) is 0 Å². The van der Waals surface area contributed by atoms with Crippen molar-refractivity contribution >= 4 is 22.5 Å². The van der Waals surface area contributed by atoms with Gasteiger partial charge in [-0.25, -0.2) is 0 Å². The Kier molecular flexibility index (Phi) is 4.55. The maximum Gasteiger partial charge on any atom is 0.250 e. The molecule has 2 aromatic heterocycles. The standard InChI is InChI=1S/C22H26N4/c1-3-9-17-15(2)18(14-23)22-25-19-12-7-8-13-20(19)26(22)21(17)24-16-10-5-4-6-11-16/h7-8,12-13,16H,3-6,9-11H2,1-2H3,(H,24,25)/p+1. The Hall–Kier alpha value is -2.54. The highest BCUT2D eigenvalue weighted by molar-refractivity contribution is 5.78. The Morgan fingerprint density at radius 1 is 1.23 bits per heavy atom. The molecule has 134 valence electrons. The zero-order valence-electron chi connectivity index (χ0n) is 15.7. The molecule has 3 aromatic rings. The zero-order chi connectivity index (χ0) is 18.1. The number of nitrogens with zero attached hydrogens (tertiary/aromatic N) is 2. The Labute approximate surface area is 154 Å². The fraction of sp³-hybridized carbons (Fsp3) is 0.455. The molecule has 1 aliphatic rings. The molecule has 0 radical (unpaired) electrons. The molecule has 0 atom stereocenters. The molecule has 0 bridgehead atoms. The topological polar surface area (TPSA) is 55.7 Å². The summed E-state index contributed by atoms with van der Waals surface area (Å²) in [5.74, 6) is 1.18. The molecule has 4 nitrogen and oxygen atoms in total. The molecule has 1 aromatic carbocycles. The van der Waals surface area contributed by atoms with E-state index in [1.54, 1.807) is 0 Å². The highest BCUT2D eigenvalue weighted by Crippen LogP contribution is 2.29. The number of benzene rings is 1. The van der Waals surface area contributed by atoms with Crippen LogP contribution in [0.2, 0.25) is 0 Å². The van der Waals surface area contributed by atoms with Gasteiger partial charge in [-0.05, 0) is 43.9 Å². The number of anilines is 1. The van der Waals surface area contributed by atoms with Crippen LogP contribution >= 0.6 is 0 Å². The van der Waals surface area contributed by atoms with Gasteiger partial charge in [-0.1, -0.05) is 44.7 Å². The van der Waals surface area contributed by atoms with E-state index in [-0.39, 0.29) is 0 Å². The lowest BCUT2D eigenvalue weighted by Gasteiger charge is -2.23. The van der Waals surface area contributed by atoms with E-state index >= 15 is 0 Å². The van der Waals surface area contributed by atoms with Gasteiger partial charge in [0.25, 0.3) is 0 Å². The number of hydrogen-bond acceptors (Lipinski definition) is 2. The molecule has 4 rings (SSSR count). The second-order valence-corrected chi connectivity index (χ2v) is 7.49. The smallest absolute Gasteiger partial charge is 0.250 e. The SMILES string of the molecule is CCCc1c(C)c(C#N)c2[nH]c3ccccc3[n+]2c1NC1CCCCC1. The zero-order valence-corrected chi connectivity index (χ0v) is 15.7. The van der Waals surface area contributed by atoms with Crippen LogP contribution in [-0.4, -0.2) is 11.0 Å². The molecule has 0 unspecified atom stereocenters. The van der Waals surface area contributed by atoms with Crippen molar-refractivity contribution in [1.29, 1.82) is 5.26 Å². The predicted octanol–water partition coefficient (Wildman–Crippen LogP) is 4.78. The Morgan fingerprint density at radius 2 is 2.00 bits per heavy atom. The fourth-order valence-corrected chi connectivity index (χ4v) is 4.41. The quantitative estimate of drug-likeness (QED) is 0.667. The van der Waals surface area contributed by atoms with Crippen molar-refractivity contribution < 1.29 is 4.40 Å². The number of fused-ring (bicyclic) bond motifs is 3. The van der Waals surface area contributed by atoms with Gasteiger partial charge in [0.1, 0.15) is 22.7 Å². The first-order valence-electron chi connectivity index (χ1n) is 9.89. The van der Waals surface area contributed by atoms with Crippen LogP contribution < -0.4 is 9.72 Å². The molecule has 0 aliphatic heterocycles. The van der Waals surface area contributed by atoms with E-state index in [2.05, 4.69) is 52.8 Å². The van der Waals surface area contributed by atoms with Crippen LogP contribution in [0.15, 0.2) is 24.3 Å². The van der Waals surface area contributed by atoms with E-state index in [1.165, 1.54) is 43.5 Å². The second kappa shape index (κ2) is 6.99. The van der Waals surface area contributed by atoms with Crippen LogP contribution in [-0.2, 0) is 6.42 Å². The summed E-state index contributed by atoms with van der Waals surface area (Å²) in [4.78, 5) is 3.49. The molecule has 0 amide bonds. The van der Waals surface area contributed by atoms with Gasteiger partial charge in [-0.2, -0.15) is 9.66 Å². The number of rotatable bonds is 4. The Bertz CT molecular complexity index is 987. The minimum Gasteiger partial charge on any atom is -0.302 e. The van der Waals surface area contributed by atoms with Crippen molar-refractivity contribution in [2.75, 3.05) is 5.32 Å². The summed E-state index contributed by atoms with van der Waals surface area (Å²) in [6, 6.07) is 11.3. The molecule has 1 saturated carbocycles. The number of nitrogens with one attached hydrogen (secondary N) is 2. The van der Waals surface area contributed by atoms with Crippen LogP contribution in [0.5, 0.6) is 0 Å². The van der Waals surface area contributed by atoms with E-state index in [0.29, 0.717) is 6.04 Å². The van der Waals surface area contributed by atoms with Crippen molar-refractivity contribution in [3.63, 3.8) is 0 Å². The third-order valence-electron chi connectivity index (χ3n) is 5.75. The predicted molar refractivity (Wildman–Crippen MR) is 105 cm³/mol. The maximum absolute atomic E-state index is 9.84. The largest absolute Gasteiger partial charge is 0.302 e. The summed E-state index contributed by atoms with van der Waals surface area (Å²) >= 11 is 0. The summed E-state index contributed by atoms with van der Waals surface area (Å²) in [5.41, 5.74) is 6.28. The lowest BCUT2D eigenvalue weighted by atomic mass is 9.94. The maximum atomic E-state index is 9.84. The monoisotopic (exact) mass is 347 g/mol. The van der Waals surface area contributed by atoms with Crippen molar-refractivity contribution in [3.8, 4) is 6.07 Å². The van der Waals surface area contributed by atoms with Crippen LogP contribution in [0.3, 0.4) is 0 Å². The van der Waals surface area contributed by atoms with E-state index in [4.69, 9.17) is 0 Å². The van der Waals surface area contributed by atoms with Gasteiger partial charge in [0, 0.05) is 5.56 Å². The lowest BCUT2D eigenvalue weighted by Crippen LogP contribution is -2.34. The fourth-order valence-electron chi connectivity index (χ4n) is 4.41. The number of pyridine rings is 1. The molecule has 1 aliphatic carbocycles. The average molecular weight is 347 g/mol. The van der Waals surface area contributed by atoms with Crippen molar-refractivity contribution in [2.24, 2.45) is 0 Å².